The maximum absolute atomic E-state index is 14.8. The maximum atomic E-state index is 14.8. The number of carbonyl (C=O) groups is 4. The van der Waals surface area contributed by atoms with Crippen molar-refractivity contribution in [1.82, 2.24) is 14.9 Å². The van der Waals surface area contributed by atoms with Gasteiger partial charge in [0.2, 0.25) is 5.91 Å². The van der Waals surface area contributed by atoms with E-state index in [1.165, 1.54) is 30.8 Å². The lowest BCUT2D eigenvalue weighted by Crippen LogP contribution is -2.48. The molecule has 0 bridgehead atoms. The third kappa shape index (κ3) is 7.83. The average Bonchev–Trinajstić information content (AvgIpc) is 3.80. The number of esters is 2. The fourth-order valence-electron chi connectivity index (χ4n) is 8.67. The molecule has 2 unspecified atom stereocenters. The van der Waals surface area contributed by atoms with Gasteiger partial charge in [0.1, 0.15) is 40.7 Å². The van der Waals surface area contributed by atoms with E-state index >= 15 is 0 Å². The van der Waals surface area contributed by atoms with E-state index in [0.717, 1.165) is 12.8 Å². The molecule has 0 radical (unpaired) electrons. The summed E-state index contributed by atoms with van der Waals surface area (Å²) in [5, 5.41) is 14.1. The van der Waals surface area contributed by atoms with Crippen molar-refractivity contribution in [2.24, 2.45) is 34.5 Å². The van der Waals surface area contributed by atoms with E-state index in [0.29, 0.717) is 46.8 Å². The van der Waals surface area contributed by atoms with E-state index in [-0.39, 0.29) is 71.9 Å². The molecule has 1 aliphatic heterocycles. The van der Waals surface area contributed by atoms with Crippen molar-refractivity contribution < 1.29 is 42.9 Å². The van der Waals surface area contributed by atoms with Crippen LogP contribution >= 0.6 is 11.6 Å². The molecule has 3 heterocycles. The number of nitrogens with one attached hydrogen (secondary N) is 1. The number of aromatic nitrogens is 2. The second-order valence-corrected chi connectivity index (χ2v) is 17.8. The number of methoxy groups -OCH3 is 1. The number of likely N-dealkylation sites (tertiary alicyclic amines) is 1. The van der Waals surface area contributed by atoms with Gasteiger partial charge in [0.25, 0.3) is 6.01 Å². The molecule has 1 saturated heterocycles. The quantitative estimate of drug-likeness (QED) is 0.125. The molecule has 4 fully saturated rings. The smallest absolute Gasteiger partial charge is 0.312 e. The average molecular weight is 791 g/mol. The Balaban J connectivity index is 1.20. The first-order valence-corrected chi connectivity index (χ1v) is 19.8. The predicted octanol–water partition coefficient (Wildman–Crippen LogP) is 7.14. The monoisotopic (exact) mass is 790 g/mol. The van der Waals surface area contributed by atoms with E-state index in [4.69, 9.17) is 35.2 Å². The number of hydrogen-bond donors (Lipinski definition) is 2. The Morgan fingerprint density at radius 3 is 2.48 bits per heavy atom. The fraction of sp³-hybridized carbons (Fsp3) is 0.571. The van der Waals surface area contributed by atoms with Crippen molar-refractivity contribution in [3.63, 3.8) is 0 Å². The van der Waals surface area contributed by atoms with E-state index in [9.17, 15) is 24.3 Å². The minimum absolute atomic E-state index is 0.0124. The number of amides is 1. The van der Waals surface area contributed by atoms with Crippen LogP contribution in [-0.4, -0.2) is 81.5 Å². The van der Waals surface area contributed by atoms with Gasteiger partial charge in [-0.2, -0.15) is 4.98 Å². The molecule has 2 N–H and O–H groups in total. The zero-order valence-electron chi connectivity index (χ0n) is 32.8. The number of benzene rings is 1. The molecule has 0 spiro atoms. The van der Waals surface area contributed by atoms with Crippen LogP contribution in [0.25, 0.3) is 22.3 Å². The standard InChI is InChI=1S/C42H51ClN4O9/c1-8-24-17-42(24,39(52)53-7)18-33(49)31-14-26(19-47(31)38(51)28(41(4,5)6)15-35(50)56-25-12-22-11-23(22)13-25)55-34-16-29(30-20-54-40(46-30)44-21(2)3)45-37-27(34)9-10-32(48)36(37)43/h8-10,16,20-26,28,31,48H,1,11-15,17-19H2,2-7H3,(H,44,46)/t22-,23+,24-,25?,26?,28-,31+,42-/m1/s1. The maximum Gasteiger partial charge on any atom is 0.312 e. The molecule has 14 heteroatoms. The van der Waals surface area contributed by atoms with Crippen LogP contribution in [0.5, 0.6) is 11.5 Å². The van der Waals surface area contributed by atoms with E-state index in [1.807, 2.05) is 34.6 Å². The summed E-state index contributed by atoms with van der Waals surface area (Å²) in [6.07, 6.45) is 5.47. The highest BCUT2D eigenvalue weighted by molar-refractivity contribution is 6.36. The van der Waals surface area contributed by atoms with Crippen molar-refractivity contribution in [2.75, 3.05) is 19.0 Å². The summed E-state index contributed by atoms with van der Waals surface area (Å²) in [5.41, 5.74) is -0.705. The number of ether oxygens (including phenoxy) is 3. The number of allylic oxidation sites excluding steroid dienone is 1. The van der Waals surface area contributed by atoms with Gasteiger partial charge < -0.3 is 34.0 Å². The molecule has 1 aromatic carbocycles. The Kier molecular flexibility index (Phi) is 10.6. The highest BCUT2D eigenvalue weighted by atomic mass is 35.5. The number of nitrogens with zero attached hydrogens (tertiary/aromatic N) is 3. The molecule has 1 amide bonds. The van der Waals surface area contributed by atoms with Crippen LogP contribution < -0.4 is 10.1 Å². The highest BCUT2D eigenvalue weighted by Gasteiger charge is 2.61. The van der Waals surface area contributed by atoms with Crippen LogP contribution in [-0.2, 0) is 28.7 Å². The number of pyridine rings is 1. The highest BCUT2D eigenvalue weighted by Crippen LogP contribution is 2.57. The van der Waals surface area contributed by atoms with E-state index in [1.54, 1.807) is 18.2 Å². The largest absolute Gasteiger partial charge is 0.506 e. The number of phenols is 1. The van der Waals surface area contributed by atoms with Gasteiger partial charge in [-0.05, 0) is 74.8 Å². The van der Waals surface area contributed by atoms with Crippen LogP contribution in [0, 0.1) is 34.5 Å². The molecule has 13 nitrogen and oxygen atoms in total. The minimum Gasteiger partial charge on any atom is -0.506 e. The summed E-state index contributed by atoms with van der Waals surface area (Å²) in [7, 11) is 1.30. The fourth-order valence-corrected chi connectivity index (χ4v) is 8.87. The molecule has 7 rings (SSSR count). The number of anilines is 1. The summed E-state index contributed by atoms with van der Waals surface area (Å²) in [6.45, 7) is 13.5. The Morgan fingerprint density at radius 2 is 1.84 bits per heavy atom. The molecular weight excluding hydrogens is 740 g/mol. The molecule has 300 valence electrons. The molecule has 4 aliphatic rings. The van der Waals surface area contributed by atoms with Gasteiger partial charge in [-0.3, -0.25) is 19.2 Å². The number of phenolic OH excluding ortho intramolecular Hbond substituents is 1. The Bertz CT molecular complexity index is 2050. The normalized spacial score (nSPS) is 27.1. The summed E-state index contributed by atoms with van der Waals surface area (Å²) in [5.74, 6) is -1.18. The van der Waals surface area contributed by atoms with Crippen molar-refractivity contribution in [3.05, 3.63) is 42.1 Å². The Hall–Kier alpha value is -4.65. The lowest BCUT2D eigenvalue weighted by Gasteiger charge is -2.35. The number of hydrogen-bond acceptors (Lipinski definition) is 12. The third-order valence-corrected chi connectivity index (χ3v) is 12.3. The van der Waals surface area contributed by atoms with Crippen LogP contribution in [0.15, 0.2) is 41.5 Å². The molecule has 56 heavy (non-hydrogen) atoms. The first kappa shape index (κ1) is 39.6. The SMILES string of the molecule is C=C[C@@H]1C[C@]1(CC(=O)[C@@H]1CC(Oc2cc(-c3coc(NC(C)C)n3)nc3c(Cl)c(O)ccc23)CN1C(=O)[C@@H](CC(=O)OC1C[C@@H]2C[C@@H]2C1)C(C)(C)C)C(=O)OC. The van der Waals surface area contributed by atoms with Gasteiger partial charge in [-0.25, -0.2) is 4.98 Å². The Morgan fingerprint density at radius 1 is 1.11 bits per heavy atom. The summed E-state index contributed by atoms with van der Waals surface area (Å²) in [6, 6.07) is 4.16. The van der Waals surface area contributed by atoms with Crippen LogP contribution in [0.1, 0.15) is 79.6 Å². The summed E-state index contributed by atoms with van der Waals surface area (Å²) < 4.78 is 23.3. The third-order valence-electron chi connectivity index (χ3n) is 12.0. The molecular formula is C42H51ClN4O9. The van der Waals surface area contributed by atoms with E-state index in [2.05, 4.69) is 16.9 Å². The van der Waals surface area contributed by atoms with Crippen LogP contribution in [0.3, 0.4) is 0 Å². The number of fused-ring (bicyclic) bond motifs is 2. The Labute approximate surface area is 331 Å². The van der Waals surface area contributed by atoms with Gasteiger partial charge in [-0.15, -0.1) is 6.58 Å². The molecule has 2 aromatic heterocycles. The minimum atomic E-state index is -1.05. The lowest BCUT2D eigenvalue weighted by molar-refractivity contribution is -0.157. The molecule has 3 aliphatic carbocycles. The number of carbonyl (C=O) groups excluding carboxylic acids is 4. The zero-order chi connectivity index (χ0) is 40.3. The number of Topliss-reactive ketones (excluding diaryl/α,β-unsaturated/α-hetero) is 1. The van der Waals surface area contributed by atoms with E-state index < -0.39 is 40.8 Å². The van der Waals surface area contributed by atoms with Gasteiger partial charge in [0.05, 0.1) is 48.7 Å². The lowest BCUT2D eigenvalue weighted by atomic mass is 9.77. The topological polar surface area (TPSA) is 170 Å². The molecule has 3 aromatic rings. The first-order valence-electron chi connectivity index (χ1n) is 19.5. The number of aromatic hydroxyl groups is 1. The number of oxazole rings is 1. The van der Waals surface area contributed by atoms with Crippen molar-refractivity contribution >= 4 is 52.1 Å². The van der Waals surface area contributed by atoms with Gasteiger partial charge in [-0.1, -0.05) is 38.4 Å². The van der Waals surface area contributed by atoms with Gasteiger partial charge in [0, 0.05) is 30.3 Å². The summed E-state index contributed by atoms with van der Waals surface area (Å²) >= 11 is 6.58. The van der Waals surface area contributed by atoms with Crippen LogP contribution in [0.2, 0.25) is 5.02 Å². The van der Waals surface area contributed by atoms with Gasteiger partial charge in [0.15, 0.2) is 5.78 Å². The van der Waals surface area contributed by atoms with Crippen LogP contribution in [0.4, 0.5) is 6.01 Å². The summed E-state index contributed by atoms with van der Waals surface area (Å²) in [4.78, 5) is 66.3. The molecule has 3 saturated carbocycles. The second-order valence-electron chi connectivity index (χ2n) is 17.4. The zero-order valence-corrected chi connectivity index (χ0v) is 33.6. The predicted molar refractivity (Wildman–Crippen MR) is 208 cm³/mol. The number of rotatable bonds is 14. The van der Waals surface area contributed by atoms with Crippen molar-refractivity contribution in [1.29, 1.82) is 0 Å². The number of halogens is 1. The number of ketones is 1. The van der Waals surface area contributed by atoms with Gasteiger partial charge >= 0.3 is 11.9 Å². The molecule has 8 atom stereocenters. The van der Waals surface area contributed by atoms with Crippen molar-refractivity contribution in [3.8, 4) is 22.9 Å². The first-order chi connectivity index (χ1) is 26.5. The van der Waals surface area contributed by atoms with Crippen molar-refractivity contribution in [2.45, 2.75) is 104 Å². The second kappa shape index (κ2) is 15.0.